The number of halogens is 1. The van der Waals surface area contributed by atoms with Crippen LogP contribution in [0.5, 0.6) is 5.75 Å². The molecule has 8 nitrogen and oxygen atoms in total. The molecule has 2 N–H and O–H groups in total. The van der Waals surface area contributed by atoms with Gasteiger partial charge in [0, 0.05) is 18.1 Å². The van der Waals surface area contributed by atoms with Gasteiger partial charge in [0.1, 0.15) is 5.75 Å². The van der Waals surface area contributed by atoms with Gasteiger partial charge in [-0.05, 0) is 48.7 Å². The monoisotopic (exact) mass is 451 g/mol. The van der Waals surface area contributed by atoms with Gasteiger partial charge in [0.25, 0.3) is 0 Å². The van der Waals surface area contributed by atoms with Crippen molar-refractivity contribution in [3.05, 3.63) is 53.1 Å². The molecule has 0 bridgehead atoms. The SMILES string of the molecule is COc1ccc(N2CCCS2(=O)=O)cc1NC(=O)C(=O)NCCc1ccc(Cl)cc1. The number of sulfonamides is 1. The highest BCUT2D eigenvalue weighted by Gasteiger charge is 2.29. The minimum absolute atomic E-state index is 0.0801. The van der Waals surface area contributed by atoms with Gasteiger partial charge in [0.2, 0.25) is 10.0 Å². The number of anilines is 2. The van der Waals surface area contributed by atoms with Crippen molar-refractivity contribution in [1.29, 1.82) is 0 Å². The highest BCUT2D eigenvalue weighted by atomic mass is 35.5. The standard InChI is InChI=1S/C20H22ClN3O5S/c1-29-18-8-7-16(24-11-2-12-30(24,27)28)13-17(18)23-20(26)19(25)22-10-9-14-3-5-15(21)6-4-14/h3-8,13H,2,9-12H2,1H3,(H,22,25)(H,23,26). The van der Waals surface area contributed by atoms with Crippen LogP contribution in [0.2, 0.25) is 5.02 Å². The van der Waals surface area contributed by atoms with Crippen LogP contribution in [0.1, 0.15) is 12.0 Å². The molecule has 1 fully saturated rings. The maximum absolute atomic E-state index is 12.3. The van der Waals surface area contributed by atoms with Crippen molar-refractivity contribution in [2.24, 2.45) is 0 Å². The first-order chi connectivity index (χ1) is 14.3. The van der Waals surface area contributed by atoms with Gasteiger partial charge >= 0.3 is 11.8 Å². The number of carbonyl (C=O) groups is 2. The summed E-state index contributed by atoms with van der Waals surface area (Å²) in [5.41, 5.74) is 1.60. The Morgan fingerprint density at radius 3 is 2.50 bits per heavy atom. The fraction of sp³-hybridized carbons (Fsp3) is 0.300. The lowest BCUT2D eigenvalue weighted by atomic mass is 10.1. The Labute approximate surface area is 180 Å². The lowest BCUT2D eigenvalue weighted by Crippen LogP contribution is -2.36. The van der Waals surface area contributed by atoms with Gasteiger partial charge in [-0.25, -0.2) is 8.42 Å². The van der Waals surface area contributed by atoms with Gasteiger partial charge < -0.3 is 15.4 Å². The fourth-order valence-corrected chi connectivity index (χ4v) is 4.79. The number of rotatable bonds is 6. The normalized spacial score (nSPS) is 14.9. The van der Waals surface area contributed by atoms with Crippen molar-refractivity contribution >= 4 is 44.8 Å². The molecule has 2 aromatic carbocycles. The van der Waals surface area contributed by atoms with Crippen molar-refractivity contribution in [3.8, 4) is 5.75 Å². The van der Waals surface area contributed by atoms with Gasteiger partial charge in [-0.2, -0.15) is 0 Å². The molecule has 10 heteroatoms. The number of hydrogen-bond acceptors (Lipinski definition) is 5. The molecule has 0 spiro atoms. The summed E-state index contributed by atoms with van der Waals surface area (Å²) in [5.74, 6) is -1.27. The predicted molar refractivity (Wildman–Crippen MR) is 116 cm³/mol. The molecule has 0 aliphatic carbocycles. The third-order valence-electron chi connectivity index (χ3n) is 4.64. The Morgan fingerprint density at radius 1 is 1.13 bits per heavy atom. The molecule has 2 aromatic rings. The smallest absolute Gasteiger partial charge is 0.313 e. The molecule has 0 saturated carbocycles. The van der Waals surface area contributed by atoms with E-state index in [0.29, 0.717) is 35.8 Å². The van der Waals surface area contributed by atoms with E-state index < -0.39 is 21.8 Å². The second-order valence-corrected chi connectivity index (χ2v) is 9.16. The first kappa shape index (κ1) is 21.9. The van der Waals surface area contributed by atoms with E-state index in [4.69, 9.17) is 16.3 Å². The first-order valence-corrected chi connectivity index (χ1v) is 11.3. The number of hydrogen-bond donors (Lipinski definition) is 2. The van der Waals surface area contributed by atoms with E-state index in [-0.39, 0.29) is 18.0 Å². The molecule has 0 aromatic heterocycles. The van der Waals surface area contributed by atoms with Crippen LogP contribution in [0.15, 0.2) is 42.5 Å². The van der Waals surface area contributed by atoms with Crippen molar-refractivity contribution in [1.82, 2.24) is 5.32 Å². The molecule has 1 heterocycles. The van der Waals surface area contributed by atoms with Crippen LogP contribution in [0, 0.1) is 0 Å². The van der Waals surface area contributed by atoms with Crippen LogP contribution >= 0.6 is 11.6 Å². The van der Waals surface area contributed by atoms with Crippen molar-refractivity contribution < 1.29 is 22.7 Å². The van der Waals surface area contributed by atoms with Crippen molar-refractivity contribution in [2.45, 2.75) is 12.8 Å². The molecule has 3 rings (SSSR count). The van der Waals surface area contributed by atoms with Gasteiger partial charge in [-0.3, -0.25) is 13.9 Å². The zero-order valence-corrected chi connectivity index (χ0v) is 17.9. The Bertz CT molecular complexity index is 1040. The molecule has 1 aliphatic heterocycles. The molecule has 0 unspecified atom stereocenters. The molecular formula is C20H22ClN3O5S. The van der Waals surface area contributed by atoms with Crippen LogP contribution in [0.25, 0.3) is 0 Å². The molecule has 0 atom stereocenters. The topological polar surface area (TPSA) is 105 Å². The third-order valence-corrected chi connectivity index (χ3v) is 6.76. The molecule has 1 aliphatic rings. The van der Waals surface area contributed by atoms with E-state index in [0.717, 1.165) is 5.56 Å². The number of amides is 2. The maximum atomic E-state index is 12.3. The average molecular weight is 452 g/mol. The van der Waals surface area contributed by atoms with Crippen molar-refractivity contribution in [2.75, 3.05) is 35.6 Å². The number of benzene rings is 2. The highest BCUT2D eigenvalue weighted by molar-refractivity contribution is 7.93. The molecule has 0 radical (unpaired) electrons. The summed E-state index contributed by atoms with van der Waals surface area (Å²) in [6, 6.07) is 11.8. The number of carbonyl (C=O) groups excluding carboxylic acids is 2. The van der Waals surface area contributed by atoms with E-state index in [1.54, 1.807) is 24.3 Å². The summed E-state index contributed by atoms with van der Waals surface area (Å²) < 4.78 is 30.8. The summed E-state index contributed by atoms with van der Waals surface area (Å²) in [6.45, 7) is 0.643. The summed E-state index contributed by atoms with van der Waals surface area (Å²) in [7, 11) is -1.95. The van der Waals surface area contributed by atoms with E-state index in [1.807, 2.05) is 12.1 Å². The molecular weight excluding hydrogens is 430 g/mol. The van der Waals surface area contributed by atoms with E-state index in [1.165, 1.54) is 17.5 Å². The van der Waals surface area contributed by atoms with Crippen LogP contribution < -0.4 is 19.7 Å². The van der Waals surface area contributed by atoms with Gasteiger partial charge in [-0.15, -0.1) is 0 Å². The molecule has 1 saturated heterocycles. The first-order valence-electron chi connectivity index (χ1n) is 9.32. The van der Waals surface area contributed by atoms with Gasteiger partial charge in [0.05, 0.1) is 24.2 Å². The van der Waals surface area contributed by atoms with Gasteiger partial charge in [0.15, 0.2) is 0 Å². The molecule has 160 valence electrons. The number of nitrogens with one attached hydrogen (secondary N) is 2. The van der Waals surface area contributed by atoms with E-state index >= 15 is 0 Å². The highest BCUT2D eigenvalue weighted by Crippen LogP contribution is 2.32. The van der Waals surface area contributed by atoms with Crippen LogP contribution in [0.4, 0.5) is 11.4 Å². The minimum atomic E-state index is -3.37. The van der Waals surface area contributed by atoms with Gasteiger partial charge in [-0.1, -0.05) is 23.7 Å². The Kier molecular flexibility index (Phi) is 6.84. The fourth-order valence-electron chi connectivity index (χ4n) is 3.11. The second kappa shape index (κ2) is 9.36. The Morgan fingerprint density at radius 2 is 1.87 bits per heavy atom. The maximum Gasteiger partial charge on any atom is 0.313 e. The largest absolute Gasteiger partial charge is 0.495 e. The Hall–Kier alpha value is -2.78. The lowest BCUT2D eigenvalue weighted by Gasteiger charge is -2.19. The second-order valence-electron chi connectivity index (χ2n) is 6.71. The molecule has 2 amide bonds. The zero-order valence-electron chi connectivity index (χ0n) is 16.4. The number of ether oxygens (including phenoxy) is 1. The van der Waals surface area contributed by atoms with Crippen molar-refractivity contribution in [3.63, 3.8) is 0 Å². The summed E-state index contributed by atoms with van der Waals surface area (Å²) >= 11 is 5.84. The third kappa shape index (κ3) is 5.22. The van der Waals surface area contributed by atoms with E-state index in [9.17, 15) is 18.0 Å². The van der Waals surface area contributed by atoms with Crippen LogP contribution in [0.3, 0.4) is 0 Å². The Balaban J connectivity index is 1.63. The summed E-state index contributed by atoms with van der Waals surface area (Å²) in [5, 5.41) is 5.67. The number of methoxy groups -OCH3 is 1. The summed E-state index contributed by atoms with van der Waals surface area (Å²) in [4.78, 5) is 24.4. The zero-order chi connectivity index (χ0) is 21.7. The predicted octanol–water partition coefficient (Wildman–Crippen LogP) is 2.19. The summed E-state index contributed by atoms with van der Waals surface area (Å²) in [6.07, 6.45) is 1.08. The quantitative estimate of drug-likeness (QED) is 0.655. The average Bonchev–Trinajstić information content (AvgIpc) is 3.08. The lowest BCUT2D eigenvalue weighted by molar-refractivity contribution is -0.136. The number of nitrogens with zero attached hydrogens (tertiary/aromatic N) is 1. The van der Waals surface area contributed by atoms with E-state index in [2.05, 4.69) is 10.6 Å². The molecule has 30 heavy (non-hydrogen) atoms. The van der Waals surface area contributed by atoms with Crippen LogP contribution in [-0.2, 0) is 26.0 Å². The minimum Gasteiger partial charge on any atom is -0.495 e. The van der Waals surface area contributed by atoms with Crippen LogP contribution in [-0.4, -0.2) is 46.2 Å².